The van der Waals surface area contributed by atoms with E-state index in [4.69, 9.17) is 11.6 Å². The van der Waals surface area contributed by atoms with E-state index in [0.717, 1.165) is 22.2 Å². The summed E-state index contributed by atoms with van der Waals surface area (Å²) in [5, 5.41) is 0.506. The summed E-state index contributed by atoms with van der Waals surface area (Å²) in [6.45, 7) is 0. The molecule has 78 valence electrons. The van der Waals surface area contributed by atoms with E-state index in [-0.39, 0.29) is 0 Å². The maximum atomic E-state index is 5.75. The molecule has 3 aromatic rings. The number of fused-ring (bicyclic) bond motifs is 1. The van der Waals surface area contributed by atoms with Gasteiger partial charge in [0.25, 0.3) is 0 Å². The zero-order chi connectivity index (χ0) is 11.0. The number of aromatic amines is 1. The molecule has 0 aliphatic carbocycles. The van der Waals surface area contributed by atoms with Crippen molar-refractivity contribution in [1.29, 1.82) is 0 Å². The van der Waals surface area contributed by atoms with Gasteiger partial charge in [-0.25, -0.2) is 9.97 Å². The smallest absolute Gasteiger partial charge is 0.129 e. The highest BCUT2D eigenvalue weighted by molar-refractivity contribution is 6.29. The van der Waals surface area contributed by atoms with Crippen LogP contribution in [0.1, 0.15) is 0 Å². The van der Waals surface area contributed by atoms with Crippen LogP contribution in [0, 0.1) is 0 Å². The van der Waals surface area contributed by atoms with Crippen LogP contribution in [-0.4, -0.2) is 15.0 Å². The monoisotopic (exact) mass is 229 g/mol. The molecule has 0 aliphatic heterocycles. The molecule has 16 heavy (non-hydrogen) atoms. The van der Waals surface area contributed by atoms with Gasteiger partial charge in [0.2, 0.25) is 0 Å². The van der Waals surface area contributed by atoms with Gasteiger partial charge in [0.1, 0.15) is 5.15 Å². The van der Waals surface area contributed by atoms with Crippen molar-refractivity contribution in [3.63, 3.8) is 0 Å². The Balaban J connectivity index is 2.14. The van der Waals surface area contributed by atoms with Crippen molar-refractivity contribution in [3.8, 4) is 11.1 Å². The molecule has 0 fully saturated rings. The molecule has 0 amide bonds. The second-order valence-electron chi connectivity index (χ2n) is 3.50. The third kappa shape index (κ3) is 1.55. The molecule has 0 radical (unpaired) electrons. The number of rotatable bonds is 1. The first-order chi connectivity index (χ1) is 7.83. The maximum Gasteiger partial charge on any atom is 0.129 e. The highest BCUT2D eigenvalue weighted by atomic mass is 35.5. The van der Waals surface area contributed by atoms with E-state index < -0.39 is 0 Å². The van der Waals surface area contributed by atoms with E-state index in [9.17, 15) is 0 Å². The standard InChI is InChI=1S/C12H8ClN3/c13-12-4-2-9(6-14-12)8-1-3-10-11(5-8)16-7-15-10/h1-7H,(H,15,16). The Morgan fingerprint density at radius 1 is 1.00 bits per heavy atom. The van der Waals surface area contributed by atoms with Crippen LogP contribution in [0.3, 0.4) is 0 Å². The van der Waals surface area contributed by atoms with Gasteiger partial charge < -0.3 is 4.98 Å². The van der Waals surface area contributed by atoms with Crippen molar-refractivity contribution in [2.75, 3.05) is 0 Å². The Bertz CT molecular complexity index is 628. The number of imidazole rings is 1. The molecule has 3 nitrogen and oxygen atoms in total. The van der Waals surface area contributed by atoms with Crippen LogP contribution in [0.25, 0.3) is 22.2 Å². The van der Waals surface area contributed by atoms with Crippen LogP contribution < -0.4 is 0 Å². The SMILES string of the molecule is Clc1ccc(-c2ccc3nc[nH]c3c2)cn1. The molecular weight excluding hydrogens is 222 g/mol. The van der Waals surface area contributed by atoms with Crippen LogP contribution in [-0.2, 0) is 0 Å². The van der Waals surface area contributed by atoms with Gasteiger partial charge in [0.15, 0.2) is 0 Å². The molecule has 2 aromatic heterocycles. The predicted octanol–water partition coefficient (Wildman–Crippen LogP) is 3.28. The normalized spacial score (nSPS) is 10.8. The quantitative estimate of drug-likeness (QED) is 0.651. The fraction of sp³-hybridized carbons (Fsp3) is 0. The molecule has 2 heterocycles. The molecule has 0 aliphatic rings. The van der Waals surface area contributed by atoms with Gasteiger partial charge in [0, 0.05) is 11.8 Å². The van der Waals surface area contributed by atoms with E-state index in [2.05, 4.69) is 15.0 Å². The van der Waals surface area contributed by atoms with E-state index in [1.165, 1.54) is 0 Å². The number of pyridine rings is 1. The number of hydrogen-bond acceptors (Lipinski definition) is 2. The summed E-state index contributed by atoms with van der Waals surface area (Å²) in [6.07, 6.45) is 3.45. The van der Waals surface area contributed by atoms with E-state index >= 15 is 0 Å². The van der Waals surface area contributed by atoms with Crippen molar-refractivity contribution in [1.82, 2.24) is 15.0 Å². The first kappa shape index (κ1) is 9.36. The van der Waals surface area contributed by atoms with E-state index in [1.807, 2.05) is 24.3 Å². The average molecular weight is 230 g/mol. The van der Waals surface area contributed by atoms with Crippen molar-refractivity contribution in [2.24, 2.45) is 0 Å². The molecule has 1 N–H and O–H groups in total. The number of benzene rings is 1. The second kappa shape index (κ2) is 3.61. The summed E-state index contributed by atoms with van der Waals surface area (Å²) < 4.78 is 0. The van der Waals surface area contributed by atoms with Crippen LogP contribution >= 0.6 is 11.6 Å². The molecule has 0 saturated heterocycles. The van der Waals surface area contributed by atoms with Crippen LogP contribution in [0.4, 0.5) is 0 Å². The van der Waals surface area contributed by atoms with Crippen LogP contribution in [0.2, 0.25) is 5.15 Å². The minimum absolute atomic E-state index is 0.506. The van der Waals surface area contributed by atoms with Gasteiger partial charge in [0.05, 0.1) is 17.4 Å². The van der Waals surface area contributed by atoms with Gasteiger partial charge in [-0.1, -0.05) is 17.7 Å². The first-order valence-corrected chi connectivity index (χ1v) is 5.26. The Morgan fingerprint density at radius 2 is 1.88 bits per heavy atom. The van der Waals surface area contributed by atoms with Gasteiger partial charge in [-0.15, -0.1) is 0 Å². The van der Waals surface area contributed by atoms with Gasteiger partial charge >= 0.3 is 0 Å². The summed E-state index contributed by atoms with van der Waals surface area (Å²) in [5.74, 6) is 0. The molecule has 0 spiro atoms. The lowest BCUT2D eigenvalue weighted by Gasteiger charge is -2.00. The molecular formula is C12H8ClN3. The molecule has 1 aromatic carbocycles. The lowest BCUT2D eigenvalue weighted by Crippen LogP contribution is -1.80. The lowest BCUT2D eigenvalue weighted by molar-refractivity contribution is 1.33. The fourth-order valence-electron chi connectivity index (χ4n) is 1.66. The Hall–Kier alpha value is -1.87. The third-order valence-electron chi connectivity index (χ3n) is 2.48. The summed E-state index contributed by atoms with van der Waals surface area (Å²) >= 11 is 5.75. The predicted molar refractivity (Wildman–Crippen MR) is 64.3 cm³/mol. The van der Waals surface area contributed by atoms with E-state index in [0.29, 0.717) is 5.15 Å². The topological polar surface area (TPSA) is 41.6 Å². The number of hydrogen-bond donors (Lipinski definition) is 1. The highest BCUT2D eigenvalue weighted by Crippen LogP contribution is 2.22. The number of aromatic nitrogens is 3. The number of H-pyrrole nitrogens is 1. The van der Waals surface area contributed by atoms with Gasteiger partial charge in [-0.05, 0) is 29.8 Å². The highest BCUT2D eigenvalue weighted by Gasteiger charge is 2.01. The summed E-state index contributed by atoms with van der Waals surface area (Å²) in [6, 6.07) is 9.79. The molecule has 4 heteroatoms. The van der Waals surface area contributed by atoms with Gasteiger partial charge in [-0.2, -0.15) is 0 Å². The molecule has 3 rings (SSSR count). The Morgan fingerprint density at radius 3 is 2.69 bits per heavy atom. The first-order valence-electron chi connectivity index (χ1n) is 4.88. The molecule has 0 saturated carbocycles. The average Bonchev–Trinajstić information content (AvgIpc) is 2.77. The Kier molecular flexibility index (Phi) is 2.11. The van der Waals surface area contributed by atoms with E-state index in [1.54, 1.807) is 18.6 Å². The summed E-state index contributed by atoms with van der Waals surface area (Å²) in [7, 11) is 0. The molecule has 0 atom stereocenters. The second-order valence-corrected chi connectivity index (χ2v) is 3.89. The van der Waals surface area contributed by atoms with Crippen molar-refractivity contribution in [2.45, 2.75) is 0 Å². The zero-order valence-electron chi connectivity index (χ0n) is 8.31. The minimum Gasteiger partial charge on any atom is -0.345 e. The number of halogens is 1. The van der Waals surface area contributed by atoms with Crippen molar-refractivity contribution < 1.29 is 0 Å². The maximum absolute atomic E-state index is 5.75. The van der Waals surface area contributed by atoms with Crippen molar-refractivity contribution >= 4 is 22.6 Å². The van der Waals surface area contributed by atoms with Crippen LogP contribution in [0.15, 0.2) is 42.9 Å². The summed E-state index contributed by atoms with van der Waals surface area (Å²) in [4.78, 5) is 11.3. The Labute approximate surface area is 97.1 Å². The minimum atomic E-state index is 0.506. The van der Waals surface area contributed by atoms with Crippen molar-refractivity contribution in [3.05, 3.63) is 48.0 Å². The molecule has 0 unspecified atom stereocenters. The lowest BCUT2D eigenvalue weighted by atomic mass is 10.1. The third-order valence-corrected chi connectivity index (χ3v) is 2.70. The summed E-state index contributed by atoms with van der Waals surface area (Å²) in [5.41, 5.74) is 4.12. The fourth-order valence-corrected chi connectivity index (χ4v) is 1.77. The number of nitrogens with zero attached hydrogens (tertiary/aromatic N) is 2. The largest absolute Gasteiger partial charge is 0.345 e. The molecule has 0 bridgehead atoms. The zero-order valence-corrected chi connectivity index (χ0v) is 9.07. The van der Waals surface area contributed by atoms with Crippen LogP contribution in [0.5, 0.6) is 0 Å². The van der Waals surface area contributed by atoms with Gasteiger partial charge in [-0.3, -0.25) is 0 Å². The number of nitrogens with one attached hydrogen (secondary N) is 1.